The van der Waals surface area contributed by atoms with Crippen LogP contribution in [0.4, 0.5) is 5.69 Å². The van der Waals surface area contributed by atoms with Crippen LogP contribution in [0.25, 0.3) is 11.0 Å². The van der Waals surface area contributed by atoms with Crippen molar-refractivity contribution in [2.45, 2.75) is 0 Å². The number of benzene rings is 3. The third-order valence-corrected chi connectivity index (χ3v) is 5.78. The zero-order valence-corrected chi connectivity index (χ0v) is 18.0. The van der Waals surface area contributed by atoms with E-state index in [1.807, 2.05) is 0 Å². The normalized spacial score (nSPS) is 12.3. The molecule has 1 aromatic heterocycles. The molecule has 9 nitrogen and oxygen atoms in total. The molecule has 0 fully saturated rings. The molecule has 3 aromatic carbocycles. The van der Waals surface area contributed by atoms with Crippen molar-refractivity contribution in [2.75, 3.05) is 11.9 Å². The Labute approximate surface area is 195 Å². The van der Waals surface area contributed by atoms with Crippen LogP contribution in [0.15, 0.2) is 59.4 Å². The Morgan fingerprint density at radius 2 is 1.56 bits per heavy atom. The first-order chi connectivity index (χ1) is 16.3. The number of ketones is 2. The van der Waals surface area contributed by atoms with Gasteiger partial charge in [0.1, 0.15) is 0 Å². The van der Waals surface area contributed by atoms with Gasteiger partial charge < -0.3 is 20.0 Å². The molecule has 0 saturated carbocycles. The van der Waals surface area contributed by atoms with Gasteiger partial charge in [0, 0.05) is 22.4 Å². The number of ether oxygens (including phenoxy) is 1. The number of imidazole rings is 1. The van der Waals surface area contributed by atoms with Crippen molar-refractivity contribution in [1.82, 2.24) is 9.97 Å². The van der Waals surface area contributed by atoms with Crippen molar-refractivity contribution in [2.24, 2.45) is 0 Å². The molecule has 0 radical (unpaired) electrons. The van der Waals surface area contributed by atoms with Crippen LogP contribution in [0.3, 0.4) is 0 Å². The second-order valence-corrected chi connectivity index (χ2v) is 7.90. The lowest BCUT2D eigenvalue weighted by Gasteiger charge is -2.19. The number of esters is 1. The summed E-state index contributed by atoms with van der Waals surface area (Å²) in [5, 5.41) is 2.34. The molecule has 0 saturated heterocycles. The van der Waals surface area contributed by atoms with Gasteiger partial charge >= 0.3 is 11.7 Å². The largest absolute Gasteiger partial charge is 0.452 e. The van der Waals surface area contributed by atoms with E-state index in [-0.39, 0.29) is 44.3 Å². The molecule has 0 bridgehead atoms. The second-order valence-electron chi connectivity index (χ2n) is 7.52. The Balaban J connectivity index is 1.32. The molecule has 1 heterocycles. The van der Waals surface area contributed by atoms with Crippen LogP contribution in [0.1, 0.15) is 42.2 Å². The number of carbonyl (C=O) groups is 4. The Hall–Kier alpha value is -4.50. The lowest BCUT2D eigenvalue weighted by Crippen LogP contribution is -2.24. The van der Waals surface area contributed by atoms with Gasteiger partial charge in [0.25, 0.3) is 5.91 Å². The van der Waals surface area contributed by atoms with Gasteiger partial charge in [-0.15, -0.1) is 0 Å². The lowest BCUT2D eigenvalue weighted by molar-refractivity contribution is -0.119. The molecular formula is C24H14ClN3O6. The van der Waals surface area contributed by atoms with Crippen LogP contribution in [-0.2, 0) is 9.53 Å². The number of halogens is 1. The van der Waals surface area contributed by atoms with Crippen LogP contribution in [0.2, 0.25) is 5.02 Å². The summed E-state index contributed by atoms with van der Waals surface area (Å²) in [5.74, 6) is -2.39. The van der Waals surface area contributed by atoms with Crippen LogP contribution < -0.4 is 11.0 Å². The number of hydrogen-bond donors (Lipinski definition) is 3. The summed E-state index contributed by atoms with van der Waals surface area (Å²) in [4.78, 5) is 67.0. The van der Waals surface area contributed by atoms with E-state index in [1.54, 1.807) is 36.4 Å². The van der Waals surface area contributed by atoms with Crippen molar-refractivity contribution in [3.63, 3.8) is 0 Å². The average molecular weight is 476 g/mol. The molecule has 34 heavy (non-hydrogen) atoms. The molecule has 3 N–H and O–H groups in total. The van der Waals surface area contributed by atoms with Gasteiger partial charge in [-0.3, -0.25) is 14.4 Å². The second kappa shape index (κ2) is 8.13. The summed E-state index contributed by atoms with van der Waals surface area (Å²) < 4.78 is 5.06. The summed E-state index contributed by atoms with van der Waals surface area (Å²) in [6, 6.07) is 13.7. The van der Waals surface area contributed by atoms with Crippen LogP contribution in [0.5, 0.6) is 0 Å². The number of nitrogens with one attached hydrogen (secondary N) is 3. The van der Waals surface area contributed by atoms with Crippen molar-refractivity contribution in [3.8, 4) is 0 Å². The van der Waals surface area contributed by atoms with E-state index >= 15 is 0 Å². The topological polar surface area (TPSA) is 138 Å². The summed E-state index contributed by atoms with van der Waals surface area (Å²) in [7, 11) is 0. The minimum absolute atomic E-state index is 0.0712. The highest BCUT2D eigenvalue weighted by atomic mass is 35.5. The summed E-state index contributed by atoms with van der Waals surface area (Å²) in [5.41, 5.74) is 1.45. The van der Waals surface area contributed by atoms with Gasteiger partial charge in [-0.05, 0) is 30.3 Å². The Morgan fingerprint density at radius 1 is 0.853 bits per heavy atom. The van der Waals surface area contributed by atoms with E-state index in [4.69, 9.17) is 16.3 Å². The Morgan fingerprint density at radius 3 is 2.32 bits per heavy atom. The molecule has 0 unspecified atom stereocenters. The molecular weight excluding hydrogens is 462 g/mol. The first kappa shape index (κ1) is 21.4. The maximum Gasteiger partial charge on any atom is 0.340 e. The predicted molar refractivity (Wildman–Crippen MR) is 123 cm³/mol. The molecule has 5 rings (SSSR count). The van der Waals surface area contributed by atoms with Crippen LogP contribution in [0, 0.1) is 0 Å². The predicted octanol–water partition coefficient (Wildman–Crippen LogP) is 3.08. The number of amides is 1. The maximum atomic E-state index is 12.9. The molecule has 168 valence electrons. The van der Waals surface area contributed by atoms with Gasteiger partial charge in [-0.1, -0.05) is 35.9 Å². The van der Waals surface area contributed by atoms with Crippen molar-refractivity contribution < 1.29 is 23.9 Å². The number of anilines is 1. The van der Waals surface area contributed by atoms with Gasteiger partial charge in [-0.25, -0.2) is 9.59 Å². The van der Waals surface area contributed by atoms with Crippen LogP contribution in [-0.4, -0.2) is 40.0 Å². The molecule has 4 aromatic rings. The SMILES string of the molecule is O=C(COC(=O)c1ccc2c(c1Cl)C(=O)c1ccccc1C2=O)Nc1ccc2[nH]c(=O)[nH]c2c1. The van der Waals surface area contributed by atoms with E-state index in [0.29, 0.717) is 16.7 Å². The number of fused-ring (bicyclic) bond motifs is 3. The summed E-state index contributed by atoms with van der Waals surface area (Å²) in [6.45, 7) is -0.621. The number of H-pyrrole nitrogens is 2. The molecule has 0 atom stereocenters. The van der Waals surface area contributed by atoms with E-state index in [0.717, 1.165) is 0 Å². The quantitative estimate of drug-likeness (QED) is 0.341. The summed E-state index contributed by atoms with van der Waals surface area (Å²) in [6.07, 6.45) is 0. The van der Waals surface area contributed by atoms with E-state index < -0.39 is 24.3 Å². The Kier molecular flexibility index (Phi) is 5.10. The van der Waals surface area contributed by atoms with Crippen molar-refractivity contribution in [3.05, 3.63) is 97.9 Å². The fraction of sp³-hybridized carbons (Fsp3) is 0.0417. The molecule has 0 aliphatic heterocycles. The fourth-order valence-corrected chi connectivity index (χ4v) is 4.15. The molecule has 10 heteroatoms. The van der Waals surface area contributed by atoms with E-state index in [9.17, 15) is 24.0 Å². The zero-order valence-electron chi connectivity index (χ0n) is 17.2. The summed E-state index contributed by atoms with van der Waals surface area (Å²) >= 11 is 6.34. The first-order valence-corrected chi connectivity index (χ1v) is 10.4. The number of carbonyl (C=O) groups excluding carboxylic acids is 4. The highest BCUT2D eigenvalue weighted by molar-refractivity contribution is 6.41. The fourth-order valence-electron chi connectivity index (χ4n) is 3.82. The highest BCUT2D eigenvalue weighted by Crippen LogP contribution is 2.34. The number of hydrogen-bond acceptors (Lipinski definition) is 6. The number of aromatic nitrogens is 2. The molecule has 1 aliphatic carbocycles. The number of rotatable bonds is 4. The minimum Gasteiger partial charge on any atom is -0.452 e. The van der Waals surface area contributed by atoms with Crippen molar-refractivity contribution >= 4 is 51.8 Å². The smallest absolute Gasteiger partial charge is 0.340 e. The maximum absolute atomic E-state index is 12.9. The first-order valence-electron chi connectivity index (χ1n) is 10.0. The third-order valence-electron chi connectivity index (χ3n) is 5.38. The third kappa shape index (κ3) is 3.57. The number of aromatic amines is 2. The molecule has 1 aliphatic rings. The van der Waals surface area contributed by atoms with Crippen LogP contribution >= 0.6 is 11.6 Å². The lowest BCUT2D eigenvalue weighted by atomic mass is 9.83. The molecule has 1 amide bonds. The average Bonchev–Trinajstić information content (AvgIpc) is 3.20. The Bertz CT molecular complexity index is 1600. The highest BCUT2D eigenvalue weighted by Gasteiger charge is 2.33. The van der Waals surface area contributed by atoms with Gasteiger partial charge in [-0.2, -0.15) is 0 Å². The van der Waals surface area contributed by atoms with E-state index in [1.165, 1.54) is 18.2 Å². The monoisotopic (exact) mass is 475 g/mol. The van der Waals surface area contributed by atoms with E-state index in [2.05, 4.69) is 15.3 Å². The van der Waals surface area contributed by atoms with Gasteiger partial charge in [0.15, 0.2) is 18.2 Å². The van der Waals surface area contributed by atoms with Gasteiger partial charge in [0.2, 0.25) is 0 Å². The van der Waals surface area contributed by atoms with Gasteiger partial charge in [0.05, 0.1) is 27.2 Å². The zero-order chi connectivity index (χ0) is 24.0. The van der Waals surface area contributed by atoms with Crippen molar-refractivity contribution in [1.29, 1.82) is 0 Å². The standard InChI is InChI=1S/C24H14ClN3O6/c25-20-15(7-6-14-19(20)22(31)13-4-2-1-3-12(13)21(14)30)23(32)34-10-18(29)26-11-5-8-16-17(9-11)28-24(33)27-16/h1-9H,10H2,(H,26,29)(H2,27,28,33). The minimum atomic E-state index is -0.924. The molecule has 0 spiro atoms.